The third-order valence-electron chi connectivity index (χ3n) is 12.5. The van der Waals surface area contributed by atoms with E-state index in [2.05, 4.69) is 13.8 Å². The van der Waals surface area contributed by atoms with Crippen molar-refractivity contribution in [2.75, 3.05) is 159 Å². The maximum absolute atomic E-state index is 8.63. The Labute approximate surface area is 438 Å². The Kier molecular flexibility index (Phi) is 67.0. The van der Waals surface area contributed by atoms with Gasteiger partial charge in [-0.25, -0.2) is 0 Å². The van der Waals surface area contributed by atoms with Crippen molar-refractivity contribution in [2.24, 2.45) is 0 Å². The predicted octanol–water partition coefficient (Wildman–Crippen LogP) is 12.7. The van der Waals surface area contributed by atoms with Crippen LogP contribution in [0.4, 0.5) is 0 Å². The summed E-state index contributed by atoms with van der Waals surface area (Å²) in [7, 11) is 0. The van der Waals surface area contributed by atoms with Gasteiger partial charge in [0.15, 0.2) is 0 Å². The number of ether oxygens (including phenoxy) is 12. The van der Waals surface area contributed by atoms with Crippen molar-refractivity contribution in [1.29, 1.82) is 0 Å². The maximum atomic E-state index is 8.63. The van der Waals surface area contributed by atoms with Crippen LogP contribution >= 0.6 is 0 Å². The predicted molar refractivity (Wildman–Crippen MR) is 290 cm³/mol. The highest BCUT2D eigenvalue weighted by atomic mass is 16.6. The average molecular weight is 1020 g/mol. The van der Waals surface area contributed by atoms with Crippen molar-refractivity contribution in [3.8, 4) is 0 Å². The van der Waals surface area contributed by atoms with Crippen LogP contribution in [0.2, 0.25) is 0 Å². The molecule has 0 heterocycles. The Morgan fingerprint density at radius 3 is 0.577 bits per heavy atom. The van der Waals surface area contributed by atoms with Gasteiger partial charge in [-0.05, 0) is 12.8 Å². The molecule has 0 bridgehead atoms. The molecule has 0 amide bonds. The van der Waals surface area contributed by atoms with Crippen molar-refractivity contribution in [1.82, 2.24) is 0 Å². The molecule has 0 aliphatic rings. The van der Waals surface area contributed by atoms with Gasteiger partial charge in [0.2, 0.25) is 0 Å². The Hall–Kier alpha value is -0.520. The van der Waals surface area contributed by atoms with Gasteiger partial charge in [0, 0.05) is 0 Å². The molecule has 0 saturated heterocycles. The van der Waals surface area contributed by atoms with E-state index in [-0.39, 0.29) is 6.61 Å². The molecule has 0 aromatic carbocycles. The lowest BCUT2D eigenvalue weighted by Crippen LogP contribution is -2.18. The quantitative estimate of drug-likeness (QED) is 0.0581. The van der Waals surface area contributed by atoms with Crippen molar-refractivity contribution in [2.45, 2.75) is 219 Å². The van der Waals surface area contributed by atoms with E-state index in [1.54, 1.807) is 0 Å². The summed E-state index contributed by atoms with van der Waals surface area (Å²) in [4.78, 5) is 0. The fourth-order valence-corrected chi connectivity index (χ4v) is 8.26. The molecule has 0 rings (SSSR count). The van der Waals surface area contributed by atoms with E-state index in [4.69, 9.17) is 61.9 Å². The molecular formula is C58H118O13. The molecule has 0 radical (unpaired) electrons. The van der Waals surface area contributed by atoms with Gasteiger partial charge < -0.3 is 61.9 Å². The van der Waals surface area contributed by atoms with E-state index >= 15 is 0 Å². The van der Waals surface area contributed by atoms with E-state index in [9.17, 15) is 0 Å². The number of unbranched alkanes of at least 4 members (excludes halogenated alkanes) is 27. The number of aliphatic hydroxyl groups is 1. The zero-order valence-electron chi connectivity index (χ0n) is 46.8. The summed E-state index contributed by atoms with van der Waals surface area (Å²) >= 11 is 0. The zero-order chi connectivity index (χ0) is 51.0. The van der Waals surface area contributed by atoms with Crippen molar-refractivity contribution < 1.29 is 61.9 Å². The van der Waals surface area contributed by atoms with Gasteiger partial charge in [-0.2, -0.15) is 0 Å². The minimum atomic E-state index is 0.0270. The second-order valence-electron chi connectivity index (χ2n) is 19.1. The molecule has 13 nitrogen and oxygen atoms in total. The Morgan fingerprint density at radius 1 is 0.211 bits per heavy atom. The summed E-state index contributed by atoms with van der Waals surface area (Å²) in [5.41, 5.74) is 0. The lowest BCUT2D eigenvalue weighted by Gasteiger charge is -2.18. The zero-order valence-corrected chi connectivity index (χ0v) is 46.8. The summed E-state index contributed by atoms with van der Waals surface area (Å²) in [6.07, 6.45) is 43.4. The highest BCUT2D eigenvalue weighted by Crippen LogP contribution is 2.19. The second-order valence-corrected chi connectivity index (χ2v) is 19.1. The number of hydrogen-bond acceptors (Lipinski definition) is 13. The Balaban J connectivity index is 3.73. The van der Waals surface area contributed by atoms with Gasteiger partial charge in [0.05, 0.1) is 165 Å². The Morgan fingerprint density at radius 2 is 0.380 bits per heavy atom. The molecule has 71 heavy (non-hydrogen) atoms. The molecule has 1 unspecified atom stereocenters. The molecule has 13 heteroatoms. The maximum Gasteiger partial charge on any atom is 0.0704 e. The van der Waals surface area contributed by atoms with E-state index in [0.717, 1.165) is 0 Å². The molecule has 0 aromatic rings. The smallest absolute Gasteiger partial charge is 0.0704 e. The molecule has 0 aromatic heterocycles. The first-order valence-electron chi connectivity index (χ1n) is 29.9. The number of hydrogen-bond donors (Lipinski definition) is 1. The normalized spacial score (nSPS) is 12.2. The van der Waals surface area contributed by atoms with Crippen molar-refractivity contribution in [3.05, 3.63) is 0 Å². The highest BCUT2D eigenvalue weighted by molar-refractivity contribution is 4.61. The van der Waals surface area contributed by atoms with Crippen LogP contribution in [0.25, 0.3) is 0 Å². The van der Waals surface area contributed by atoms with E-state index in [1.165, 1.54) is 199 Å². The van der Waals surface area contributed by atoms with Crippen LogP contribution in [-0.2, 0) is 56.8 Å². The molecule has 1 N–H and O–H groups in total. The monoisotopic (exact) mass is 1020 g/mol. The first-order chi connectivity index (χ1) is 35.3. The summed E-state index contributed by atoms with van der Waals surface area (Å²) in [5.74, 6) is 0. The Bertz CT molecular complexity index is 907. The number of rotatable bonds is 67. The van der Waals surface area contributed by atoms with Crippen LogP contribution in [-0.4, -0.2) is 170 Å². The highest BCUT2D eigenvalue weighted by Gasteiger charge is 2.10. The van der Waals surface area contributed by atoms with E-state index in [0.29, 0.717) is 158 Å². The van der Waals surface area contributed by atoms with Gasteiger partial charge in [-0.15, -0.1) is 0 Å². The summed E-state index contributed by atoms with van der Waals surface area (Å²) in [5, 5.41) is 8.63. The van der Waals surface area contributed by atoms with Crippen molar-refractivity contribution in [3.63, 3.8) is 0 Å². The molecule has 0 aliphatic carbocycles. The fourth-order valence-electron chi connectivity index (χ4n) is 8.26. The molecule has 0 saturated carbocycles. The summed E-state index contributed by atoms with van der Waals surface area (Å²) in [6, 6.07) is 0. The van der Waals surface area contributed by atoms with E-state index < -0.39 is 0 Å². The van der Waals surface area contributed by atoms with Gasteiger partial charge in [-0.3, -0.25) is 0 Å². The van der Waals surface area contributed by atoms with Crippen LogP contribution in [0.15, 0.2) is 0 Å². The first-order valence-corrected chi connectivity index (χ1v) is 29.9. The molecule has 0 aliphatic heterocycles. The van der Waals surface area contributed by atoms with Crippen LogP contribution in [0.5, 0.6) is 0 Å². The minimum absolute atomic E-state index is 0.0270. The molecular weight excluding hydrogens is 905 g/mol. The third kappa shape index (κ3) is 65.5. The van der Waals surface area contributed by atoms with Crippen LogP contribution in [0.1, 0.15) is 213 Å². The molecule has 1 atom stereocenters. The van der Waals surface area contributed by atoms with Gasteiger partial charge in [0.25, 0.3) is 0 Å². The second kappa shape index (κ2) is 67.5. The minimum Gasteiger partial charge on any atom is -0.394 e. The van der Waals surface area contributed by atoms with E-state index in [1.807, 2.05) is 0 Å². The van der Waals surface area contributed by atoms with Crippen LogP contribution in [0.3, 0.4) is 0 Å². The van der Waals surface area contributed by atoms with Crippen molar-refractivity contribution >= 4 is 0 Å². The third-order valence-corrected chi connectivity index (χ3v) is 12.5. The largest absolute Gasteiger partial charge is 0.394 e. The lowest BCUT2D eigenvalue weighted by molar-refractivity contribution is -0.0320. The van der Waals surface area contributed by atoms with Gasteiger partial charge in [-0.1, -0.05) is 200 Å². The van der Waals surface area contributed by atoms with Crippen LogP contribution < -0.4 is 0 Å². The fraction of sp³-hybridized carbons (Fsp3) is 1.00. The average Bonchev–Trinajstić information content (AvgIpc) is 3.38. The summed E-state index contributed by atoms with van der Waals surface area (Å²) < 4.78 is 67.2. The van der Waals surface area contributed by atoms with Crippen LogP contribution in [0, 0.1) is 0 Å². The molecule has 0 fully saturated rings. The number of aliphatic hydroxyl groups excluding tert-OH is 1. The standard InChI is InChI=1S/C58H118O13/c1-3-5-7-9-11-13-15-17-19-21-23-25-27-29-31-33-58(32-30-28-26-24-22-20-18-16-14-12-10-8-6-4-2)71-57-56-70-55-54-69-53-52-68-51-50-67-49-48-66-47-46-65-45-44-64-43-42-63-41-40-62-39-38-61-37-36-60-35-34-59/h58-59H,3-57H2,1-2H3. The lowest BCUT2D eigenvalue weighted by atomic mass is 10.0. The molecule has 0 spiro atoms. The first kappa shape index (κ1) is 70.5. The SMILES string of the molecule is CCCCCCCCCCCCCCCCCC(CCCCCCCCCCCCCCCC)OCCOCCOCCOCCOCCOCCOCCOCCOCCOCCOCCOCCO. The topological polar surface area (TPSA) is 131 Å². The van der Waals surface area contributed by atoms with Gasteiger partial charge in [0.1, 0.15) is 0 Å². The summed E-state index contributed by atoms with van der Waals surface area (Å²) in [6.45, 7) is 16.6. The van der Waals surface area contributed by atoms with Gasteiger partial charge >= 0.3 is 0 Å². The molecule has 428 valence electrons.